The van der Waals surface area contributed by atoms with E-state index < -0.39 is 0 Å². The summed E-state index contributed by atoms with van der Waals surface area (Å²) in [6, 6.07) is 4.39. The van der Waals surface area contributed by atoms with Crippen LogP contribution in [0.5, 0.6) is 0 Å². The Morgan fingerprint density at radius 1 is 1.18 bits per heavy atom. The molecule has 5 rings (SSSR count). The van der Waals surface area contributed by atoms with E-state index in [4.69, 9.17) is 0 Å². The Morgan fingerprint density at radius 3 is 2.71 bits per heavy atom. The number of halogens is 1. The highest BCUT2D eigenvalue weighted by Gasteiger charge is 2.35. The van der Waals surface area contributed by atoms with Gasteiger partial charge in [-0.05, 0) is 75.3 Å². The Morgan fingerprint density at radius 2 is 1.94 bits per heavy atom. The third-order valence-electron chi connectivity index (χ3n) is 7.59. The molecule has 3 amide bonds. The van der Waals surface area contributed by atoms with Crippen molar-refractivity contribution in [2.24, 2.45) is 5.92 Å². The van der Waals surface area contributed by atoms with Gasteiger partial charge in [-0.3, -0.25) is 14.4 Å². The molecule has 1 aromatic heterocycles. The maximum absolute atomic E-state index is 13.6. The van der Waals surface area contributed by atoms with Gasteiger partial charge in [0.2, 0.25) is 11.8 Å². The van der Waals surface area contributed by atoms with E-state index in [1.807, 2.05) is 18.7 Å². The van der Waals surface area contributed by atoms with Gasteiger partial charge in [-0.2, -0.15) is 0 Å². The van der Waals surface area contributed by atoms with E-state index >= 15 is 0 Å². The molecule has 0 bridgehead atoms. The molecule has 0 unspecified atom stereocenters. The van der Waals surface area contributed by atoms with Crippen LogP contribution in [0.3, 0.4) is 0 Å². The second-order valence-corrected chi connectivity index (χ2v) is 9.87. The zero-order valence-electron chi connectivity index (χ0n) is 19.7. The SMILES string of the molecule is Cc1[nH]c(CN2C(=O)Cc3cc(F)ccc32)c(C)c1C(=O)N[C@@H]1CC[C@H](C(=O)N2CCCC2)C1. The number of nitrogens with zero attached hydrogens (tertiary/aromatic N) is 2. The highest BCUT2D eigenvalue weighted by Crippen LogP contribution is 2.32. The molecule has 0 spiro atoms. The Bertz CT molecular complexity index is 1150. The second kappa shape index (κ2) is 8.89. The molecule has 34 heavy (non-hydrogen) atoms. The van der Waals surface area contributed by atoms with Gasteiger partial charge >= 0.3 is 0 Å². The van der Waals surface area contributed by atoms with E-state index in [-0.39, 0.29) is 41.9 Å². The molecule has 1 aromatic carbocycles. The maximum atomic E-state index is 13.6. The van der Waals surface area contributed by atoms with Crippen molar-refractivity contribution in [1.29, 1.82) is 0 Å². The van der Waals surface area contributed by atoms with Crippen LogP contribution in [0, 0.1) is 25.6 Å². The summed E-state index contributed by atoms with van der Waals surface area (Å²) in [7, 11) is 0. The number of likely N-dealkylation sites (tertiary alicyclic amines) is 1. The lowest BCUT2D eigenvalue weighted by atomic mass is 10.1. The smallest absolute Gasteiger partial charge is 0.253 e. The fourth-order valence-electron chi connectivity index (χ4n) is 5.79. The van der Waals surface area contributed by atoms with Crippen LogP contribution in [0.25, 0.3) is 0 Å². The fourth-order valence-corrected chi connectivity index (χ4v) is 5.79. The van der Waals surface area contributed by atoms with Crippen molar-refractivity contribution in [2.75, 3.05) is 18.0 Å². The summed E-state index contributed by atoms with van der Waals surface area (Å²) < 4.78 is 13.6. The zero-order chi connectivity index (χ0) is 24.0. The standard InChI is InChI=1S/C26H31FN4O3/c1-15-21(14-31-22-8-6-19(27)11-18(22)13-23(31)32)28-16(2)24(15)25(33)29-20-7-5-17(12-20)26(34)30-9-3-4-10-30/h6,8,11,17,20,28H,3-5,7,9-10,12-14H2,1-2H3,(H,29,33)/t17-,20+/m0/s1. The average molecular weight is 467 g/mol. The predicted molar refractivity (Wildman–Crippen MR) is 126 cm³/mol. The summed E-state index contributed by atoms with van der Waals surface area (Å²) >= 11 is 0. The van der Waals surface area contributed by atoms with Crippen LogP contribution in [-0.4, -0.2) is 46.7 Å². The molecule has 3 aliphatic rings. The molecule has 1 saturated heterocycles. The number of aromatic nitrogens is 1. The summed E-state index contributed by atoms with van der Waals surface area (Å²) in [5.74, 6) is -0.347. The Balaban J connectivity index is 1.26. The van der Waals surface area contributed by atoms with E-state index in [0.29, 0.717) is 29.8 Å². The van der Waals surface area contributed by atoms with E-state index in [2.05, 4.69) is 10.3 Å². The predicted octanol–water partition coefficient (Wildman–Crippen LogP) is 3.38. The first kappa shape index (κ1) is 22.6. The van der Waals surface area contributed by atoms with Gasteiger partial charge < -0.3 is 20.1 Å². The molecule has 2 N–H and O–H groups in total. The van der Waals surface area contributed by atoms with E-state index in [1.165, 1.54) is 12.1 Å². The molecule has 3 heterocycles. The lowest BCUT2D eigenvalue weighted by Crippen LogP contribution is -2.36. The van der Waals surface area contributed by atoms with Gasteiger partial charge in [0.1, 0.15) is 5.82 Å². The van der Waals surface area contributed by atoms with Gasteiger partial charge in [0.05, 0.1) is 18.5 Å². The average Bonchev–Trinajstić information content (AvgIpc) is 3.57. The third kappa shape index (κ3) is 4.10. The molecular formula is C26H31FN4O3. The number of benzene rings is 1. The quantitative estimate of drug-likeness (QED) is 0.709. The van der Waals surface area contributed by atoms with Crippen LogP contribution in [0.15, 0.2) is 18.2 Å². The summed E-state index contributed by atoms with van der Waals surface area (Å²) in [4.78, 5) is 45.4. The van der Waals surface area contributed by atoms with Crippen LogP contribution in [0.4, 0.5) is 10.1 Å². The van der Waals surface area contributed by atoms with Crippen LogP contribution in [-0.2, 0) is 22.6 Å². The van der Waals surface area contributed by atoms with Gasteiger partial charge in [0.15, 0.2) is 0 Å². The molecular weight excluding hydrogens is 435 g/mol. The van der Waals surface area contributed by atoms with Crippen LogP contribution in [0.2, 0.25) is 0 Å². The first-order valence-corrected chi connectivity index (χ1v) is 12.2. The first-order valence-electron chi connectivity index (χ1n) is 12.2. The van der Waals surface area contributed by atoms with Crippen molar-refractivity contribution in [3.8, 4) is 0 Å². The number of fused-ring (bicyclic) bond motifs is 1. The largest absolute Gasteiger partial charge is 0.360 e. The summed E-state index contributed by atoms with van der Waals surface area (Å²) in [5.41, 5.74) is 4.34. The van der Waals surface area contributed by atoms with E-state index in [9.17, 15) is 18.8 Å². The van der Waals surface area contributed by atoms with Crippen LogP contribution >= 0.6 is 0 Å². The van der Waals surface area contributed by atoms with Crippen molar-refractivity contribution >= 4 is 23.4 Å². The van der Waals surface area contributed by atoms with Gasteiger partial charge in [-0.25, -0.2) is 4.39 Å². The van der Waals surface area contributed by atoms with E-state index in [1.54, 1.807) is 11.0 Å². The number of aryl methyl sites for hydroxylation is 1. The van der Waals surface area contributed by atoms with Gasteiger partial charge in [-0.1, -0.05) is 0 Å². The van der Waals surface area contributed by atoms with Crippen LogP contribution < -0.4 is 10.2 Å². The number of hydrogen-bond acceptors (Lipinski definition) is 3. The second-order valence-electron chi connectivity index (χ2n) is 9.87. The minimum absolute atomic E-state index is 0.00142. The molecule has 8 heteroatoms. The minimum Gasteiger partial charge on any atom is -0.360 e. The molecule has 7 nitrogen and oxygen atoms in total. The third-order valence-corrected chi connectivity index (χ3v) is 7.59. The number of amides is 3. The lowest BCUT2D eigenvalue weighted by molar-refractivity contribution is -0.134. The Hall–Kier alpha value is -3.16. The van der Waals surface area contributed by atoms with E-state index in [0.717, 1.165) is 55.7 Å². The van der Waals surface area contributed by atoms with Gasteiger partial charge in [0.25, 0.3) is 5.91 Å². The van der Waals surface area contributed by atoms with Gasteiger partial charge in [0, 0.05) is 42.1 Å². The molecule has 2 atom stereocenters. The molecule has 180 valence electrons. The number of aromatic amines is 1. The topological polar surface area (TPSA) is 85.5 Å². The van der Waals surface area contributed by atoms with Crippen LogP contribution in [0.1, 0.15) is 65.0 Å². The lowest BCUT2D eigenvalue weighted by Gasteiger charge is -2.20. The number of carbonyl (C=O) groups is 3. The highest BCUT2D eigenvalue weighted by atomic mass is 19.1. The van der Waals surface area contributed by atoms with Crippen molar-refractivity contribution in [2.45, 2.75) is 65.0 Å². The highest BCUT2D eigenvalue weighted by molar-refractivity contribution is 6.01. The number of anilines is 1. The maximum Gasteiger partial charge on any atom is 0.253 e. The van der Waals surface area contributed by atoms with Crippen molar-refractivity contribution in [3.05, 3.63) is 52.1 Å². The van der Waals surface area contributed by atoms with Crippen molar-refractivity contribution in [3.63, 3.8) is 0 Å². The Kier molecular flexibility index (Phi) is 5.91. The summed E-state index contributed by atoms with van der Waals surface area (Å²) in [5, 5.41) is 3.14. The molecule has 1 aliphatic carbocycles. The summed E-state index contributed by atoms with van der Waals surface area (Å²) in [6.07, 6.45) is 4.65. The van der Waals surface area contributed by atoms with Crippen molar-refractivity contribution < 1.29 is 18.8 Å². The zero-order valence-corrected chi connectivity index (χ0v) is 19.7. The molecule has 2 aromatic rings. The summed E-state index contributed by atoms with van der Waals surface area (Å²) in [6.45, 7) is 5.75. The number of nitrogens with one attached hydrogen (secondary N) is 2. The molecule has 1 saturated carbocycles. The normalized spacial score (nSPS) is 21.9. The molecule has 2 fully saturated rings. The van der Waals surface area contributed by atoms with Gasteiger partial charge in [-0.15, -0.1) is 0 Å². The first-order chi connectivity index (χ1) is 16.3. The van der Waals surface area contributed by atoms with Crippen molar-refractivity contribution in [1.82, 2.24) is 15.2 Å². The number of carbonyl (C=O) groups excluding carboxylic acids is 3. The number of hydrogen-bond donors (Lipinski definition) is 2. The number of H-pyrrole nitrogens is 1. The number of rotatable bonds is 5. The molecule has 2 aliphatic heterocycles. The Labute approximate surface area is 198 Å². The minimum atomic E-state index is -0.351. The molecule has 0 radical (unpaired) electrons. The monoisotopic (exact) mass is 466 g/mol. The fraction of sp³-hybridized carbons (Fsp3) is 0.500.